The molecule has 4 rings (SSSR count). The number of likely N-dealkylation sites (tertiary alicyclic amines) is 1. The summed E-state index contributed by atoms with van der Waals surface area (Å²) in [5.74, 6) is -0.904. The van der Waals surface area contributed by atoms with Crippen molar-refractivity contribution in [3.63, 3.8) is 0 Å². The highest BCUT2D eigenvalue weighted by molar-refractivity contribution is 5.88. The highest BCUT2D eigenvalue weighted by atomic mass is 16.6. The van der Waals surface area contributed by atoms with E-state index in [4.69, 9.17) is 9.47 Å². The quantitative estimate of drug-likeness (QED) is 0.612. The molecular formula is C28H34N2O5. The number of carbonyl (C=O) groups excluding carboxylic acids is 3. The third-order valence-electron chi connectivity index (χ3n) is 6.41. The van der Waals surface area contributed by atoms with Gasteiger partial charge in [0, 0.05) is 19.0 Å². The van der Waals surface area contributed by atoms with Gasteiger partial charge in [-0.05, 0) is 62.3 Å². The molecule has 186 valence electrons. The van der Waals surface area contributed by atoms with E-state index < -0.39 is 23.7 Å². The summed E-state index contributed by atoms with van der Waals surface area (Å²) in [5.41, 5.74) is 3.73. The van der Waals surface area contributed by atoms with Crippen molar-refractivity contribution in [3.05, 3.63) is 59.7 Å². The molecular weight excluding hydrogens is 444 g/mol. The number of benzene rings is 2. The molecule has 7 nitrogen and oxygen atoms in total. The summed E-state index contributed by atoms with van der Waals surface area (Å²) >= 11 is 0. The van der Waals surface area contributed by atoms with Crippen LogP contribution in [0.3, 0.4) is 0 Å². The summed E-state index contributed by atoms with van der Waals surface area (Å²) in [6.07, 6.45) is 2.09. The lowest BCUT2D eigenvalue weighted by atomic mass is 9.98. The number of hydrogen-bond acceptors (Lipinski definition) is 5. The van der Waals surface area contributed by atoms with Crippen LogP contribution in [0, 0.1) is 0 Å². The van der Waals surface area contributed by atoms with Gasteiger partial charge in [-0.1, -0.05) is 48.5 Å². The van der Waals surface area contributed by atoms with Gasteiger partial charge in [0.15, 0.2) is 0 Å². The van der Waals surface area contributed by atoms with E-state index in [1.54, 1.807) is 25.7 Å². The summed E-state index contributed by atoms with van der Waals surface area (Å²) in [7, 11) is 0. The predicted molar refractivity (Wildman–Crippen MR) is 133 cm³/mol. The molecule has 0 aromatic heterocycles. The number of rotatable bonds is 6. The van der Waals surface area contributed by atoms with Crippen molar-refractivity contribution in [3.8, 4) is 11.1 Å². The van der Waals surface area contributed by atoms with Crippen LogP contribution < -0.4 is 5.32 Å². The summed E-state index contributed by atoms with van der Waals surface area (Å²) < 4.78 is 11.1. The molecule has 2 aromatic carbocycles. The van der Waals surface area contributed by atoms with Gasteiger partial charge in [0.05, 0.1) is 6.42 Å². The summed E-state index contributed by atoms with van der Waals surface area (Å²) in [4.78, 5) is 40.2. The van der Waals surface area contributed by atoms with E-state index in [1.165, 1.54) is 0 Å². The Hall–Kier alpha value is -3.35. The van der Waals surface area contributed by atoms with Crippen LogP contribution in [0.5, 0.6) is 0 Å². The van der Waals surface area contributed by atoms with Gasteiger partial charge in [0.25, 0.3) is 0 Å². The molecule has 7 heteroatoms. The number of nitrogens with one attached hydrogen (secondary N) is 1. The van der Waals surface area contributed by atoms with Crippen LogP contribution in [0.2, 0.25) is 0 Å². The smallest absolute Gasteiger partial charge is 0.407 e. The standard InChI is InChI=1S/C28H34N2O5/c1-28(2,3)35-26(32)24(17-25(31)30-15-9-4-10-16-30)29-27(33)34-18-23-21-13-7-5-11-19(21)20-12-6-8-14-22(20)23/h5-8,11-14,23-24H,4,9-10,15-18H2,1-3H3,(H,29,33). The number of hydrogen-bond donors (Lipinski definition) is 1. The van der Waals surface area contributed by atoms with E-state index in [2.05, 4.69) is 17.4 Å². The maximum absolute atomic E-state index is 12.8. The first-order valence-electron chi connectivity index (χ1n) is 12.3. The van der Waals surface area contributed by atoms with E-state index >= 15 is 0 Å². The number of amides is 2. The van der Waals surface area contributed by atoms with E-state index in [-0.39, 0.29) is 24.9 Å². The molecule has 35 heavy (non-hydrogen) atoms. The molecule has 0 spiro atoms. The third-order valence-corrected chi connectivity index (χ3v) is 6.41. The zero-order valence-electron chi connectivity index (χ0n) is 20.7. The van der Waals surface area contributed by atoms with Crippen molar-refractivity contribution in [2.45, 2.75) is 64.0 Å². The van der Waals surface area contributed by atoms with Crippen molar-refractivity contribution in [1.82, 2.24) is 10.2 Å². The molecule has 1 fully saturated rings. The minimum atomic E-state index is -1.11. The average molecular weight is 479 g/mol. The van der Waals surface area contributed by atoms with E-state index in [9.17, 15) is 14.4 Å². The molecule has 1 aliphatic heterocycles. The SMILES string of the molecule is CC(C)(C)OC(=O)C(CC(=O)N1CCCCC1)NC(=O)OCC1c2ccccc2-c2ccccc21. The fourth-order valence-electron chi connectivity index (χ4n) is 4.80. The number of piperidine rings is 1. The topological polar surface area (TPSA) is 84.9 Å². The maximum Gasteiger partial charge on any atom is 0.407 e. The zero-order chi connectivity index (χ0) is 25.0. The number of alkyl carbamates (subject to hydrolysis) is 1. The molecule has 0 saturated carbocycles. The molecule has 0 bridgehead atoms. The first-order valence-corrected chi connectivity index (χ1v) is 12.3. The first-order chi connectivity index (χ1) is 16.7. The Balaban J connectivity index is 1.43. The van der Waals surface area contributed by atoms with E-state index in [0.29, 0.717) is 13.1 Å². The summed E-state index contributed by atoms with van der Waals surface area (Å²) in [6, 6.07) is 15.1. The fourth-order valence-corrected chi connectivity index (χ4v) is 4.80. The highest BCUT2D eigenvalue weighted by Crippen LogP contribution is 2.44. The minimum absolute atomic E-state index is 0.0943. The van der Waals surface area contributed by atoms with Crippen molar-refractivity contribution >= 4 is 18.0 Å². The Bertz CT molecular complexity index is 1040. The van der Waals surface area contributed by atoms with Crippen molar-refractivity contribution in [1.29, 1.82) is 0 Å². The molecule has 0 radical (unpaired) electrons. The second kappa shape index (κ2) is 10.5. The Kier molecular flexibility index (Phi) is 7.43. The third kappa shape index (κ3) is 6.02. The van der Waals surface area contributed by atoms with Gasteiger partial charge in [-0.2, -0.15) is 0 Å². The second-order valence-electron chi connectivity index (χ2n) is 10.2. The molecule has 2 amide bonds. The van der Waals surface area contributed by atoms with Gasteiger partial charge in [0.1, 0.15) is 18.2 Å². The molecule has 1 unspecified atom stereocenters. The van der Waals surface area contributed by atoms with Gasteiger partial charge >= 0.3 is 12.1 Å². The Morgan fingerprint density at radius 2 is 1.51 bits per heavy atom. The molecule has 2 aliphatic rings. The van der Waals surface area contributed by atoms with Crippen molar-refractivity contribution < 1.29 is 23.9 Å². The first kappa shape index (κ1) is 24.8. The Morgan fingerprint density at radius 3 is 2.09 bits per heavy atom. The Morgan fingerprint density at radius 1 is 0.943 bits per heavy atom. The van der Waals surface area contributed by atoms with Crippen molar-refractivity contribution in [2.75, 3.05) is 19.7 Å². The van der Waals surface area contributed by atoms with E-state index in [1.807, 2.05) is 36.4 Å². The molecule has 1 heterocycles. The van der Waals surface area contributed by atoms with Crippen LogP contribution in [0.1, 0.15) is 63.5 Å². The Labute approximate surface area is 206 Å². The van der Waals surface area contributed by atoms with Crippen molar-refractivity contribution in [2.24, 2.45) is 0 Å². The maximum atomic E-state index is 12.8. The van der Waals surface area contributed by atoms with Gasteiger partial charge in [-0.15, -0.1) is 0 Å². The highest BCUT2D eigenvalue weighted by Gasteiger charge is 2.33. The number of ether oxygens (including phenoxy) is 2. The normalized spacial score (nSPS) is 16.1. The average Bonchev–Trinajstić information content (AvgIpc) is 3.15. The molecule has 1 saturated heterocycles. The monoisotopic (exact) mass is 478 g/mol. The summed E-state index contributed by atoms with van der Waals surface area (Å²) in [5, 5.41) is 2.60. The van der Waals surface area contributed by atoms with Gasteiger partial charge < -0.3 is 19.7 Å². The van der Waals surface area contributed by atoms with Crippen LogP contribution in [0.4, 0.5) is 4.79 Å². The summed E-state index contributed by atoms with van der Waals surface area (Å²) in [6.45, 7) is 6.72. The lowest BCUT2D eigenvalue weighted by Crippen LogP contribution is -2.48. The largest absolute Gasteiger partial charge is 0.458 e. The number of fused-ring (bicyclic) bond motifs is 3. The minimum Gasteiger partial charge on any atom is -0.458 e. The van der Waals surface area contributed by atoms with Crippen LogP contribution in [-0.2, 0) is 19.1 Å². The fraction of sp³-hybridized carbons (Fsp3) is 0.464. The van der Waals surface area contributed by atoms with Gasteiger partial charge in [-0.25, -0.2) is 9.59 Å². The van der Waals surface area contributed by atoms with Crippen LogP contribution in [0.25, 0.3) is 11.1 Å². The van der Waals surface area contributed by atoms with Crippen LogP contribution in [0.15, 0.2) is 48.5 Å². The van der Waals surface area contributed by atoms with Gasteiger partial charge in [-0.3, -0.25) is 4.79 Å². The predicted octanol–water partition coefficient (Wildman–Crippen LogP) is 4.64. The molecule has 1 N–H and O–H groups in total. The van der Waals surface area contributed by atoms with E-state index in [0.717, 1.165) is 41.5 Å². The number of nitrogens with zero attached hydrogens (tertiary/aromatic N) is 1. The van der Waals surface area contributed by atoms with Crippen LogP contribution >= 0.6 is 0 Å². The second-order valence-corrected chi connectivity index (χ2v) is 10.2. The number of esters is 1. The lowest BCUT2D eigenvalue weighted by molar-refractivity contribution is -0.159. The lowest BCUT2D eigenvalue weighted by Gasteiger charge is -2.29. The molecule has 1 atom stereocenters. The number of carbonyl (C=O) groups is 3. The zero-order valence-corrected chi connectivity index (χ0v) is 20.7. The molecule has 1 aliphatic carbocycles. The van der Waals surface area contributed by atoms with Crippen LogP contribution in [-0.4, -0.2) is 54.2 Å². The van der Waals surface area contributed by atoms with Gasteiger partial charge in [0.2, 0.25) is 5.91 Å². The molecule has 2 aromatic rings.